The molecule has 10 heteroatoms. The number of carbonyl (C=O) groups excluding carboxylic acids is 1. The molecule has 0 atom stereocenters. The summed E-state index contributed by atoms with van der Waals surface area (Å²) >= 11 is 0. The van der Waals surface area contributed by atoms with Gasteiger partial charge in [0.15, 0.2) is 0 Å². The highest BCUT2D eigenvalue weighted by atomic mass is 16.2. The number of pyridine rings is 1. The highest BCUT2D eigenvalue weighted by Gasteiger charge is 2.52. The fraction of sp³-hybridized carbons (Fsp3) is 0.429. The Balaban J connectivity index is 1.22. The summed E-state index contributed by atoms with van der Waals surface area (Å²) in [6.07, 6.45) is 5.05. The van der Waals surface area contributed by atoms with Crippen LogP contribution < -0.4 is 20.7 Å². The number of aromatic nitrogens is 3. The first-order valence-electron chi connectivity index (χ1n) is 13.2. The van der Waals surface area contributed by atoms with E-state index in [9.17, 15) is 9.59 Å². The van der Waals surface area contributed by atoms with E-state index in [1.165, 1.54) is 11.8 Å². The SMILES string of the molecule is C=CC(=O)N1CCN(c2cc3cnc(Nc4ccc(N5CCN(C)CC5)cc4)nc3n(C)c2=O)C2(CC2)C1. The fourth-order valence-corrected chi connectivity index (χ4v) is 5.68. The molecule has 0 bridgehead atoms. The second-order valence-corrected chi connectivity index (χ2v) is 10.7. The zero-order valence-electron chi connectivity index (χ0n) is 22.1. The number of hydrogen-bond acceptors (Lipinski definition) is 8. The number of hydrogen-bond donors (Lipinski definition) is 1. The normalized spacial score (nSPS) is 19.2. The van der Waals surface area contributed by atoms with Gasteiger partial charge in [-0.3, -0.25) is 14.2 Å². The lowest BCUT2D eigenvalue weighted by Crippen LogP contribution is -2.57. The molecule has 6 rings (SSSR count). The molecule has 38 heavy (non-hydrogen) atoms. The molecule has 0 radical (unpaired) electrons. The zero-order chi connectivity index (χ0) is 26.4. The number of aryl methyl sites for hydroxylation is 1. The number of carbonyl (C=O) groups is 1. The van der Waals surface area contributed by atoms with Gasteiger partial charge >= 0.3 is 0 Å². The Labute approximate surface area is 222 Å². The Morgan fingerprint density at radius 3 is 2.47 bits per heavy atom. The molecule has 1 saturated carbocycles. The first-order valence-corrected chi connectivity index (χ1v) is 13.2. The molecule has 2 saturated heterocycles. The van der Waals surface area contributed by atoms with Gasteiger partial charge in [-0.05, 0) is 56.3 Å². The molecule has 1 amide bonds. The lowest BCUT2D eigenvalue weighted by molar-refractivity contribution is -0.127. The van der Waals surface area contributed by atoms with Crippen molar-refractivity contribution in [3.05, 3.63) is 59.5 Å². The molecular formula is C28H34N8O2. The monoisotopic (exact) mass is 514 g/mol. The van der Waals surface area contributed by atoms with Crippen LogP contribution in [0.3, 0.4) is 0 Å². The standard InChI is InChI=1S/C28H34N8O2/c1-4-24(37)35-15-16-36(28(19-35)9-10-28)23-17-20-18-29-27(31-25(20)33(3)26(23)38)30-21-5-7-22(8-6-21)34-13-11-32(2)12-14-34/h4-8,17-18H,1,9-16,19H2,2-3H3,(H,29,30,31). The maximum absolute atomic E-state index is 13.5. The van der Waals surface area contributed by atoms with E-state index in [1.54, 1.807) is 17.8 Å². The van der Waals surface area contributed by atoms with Crippen molar-refractivity contribution in [1.82, 2.24) is 24.3 Å². The molecule has 1 N–H and O–H groups in total. The molecule has 3 fully saturated rings. The number of nitrogens with one attached hydrogen (secondary N) is 1. The summed E-state index contributed by atoms with van der Waals surface area (Å²) in [4.78, 5) is 43.6. The van der Waals surface area contributed by atoms with E-state index in [1.807, 2.05) is 23.1 Å². The van der Waals surface area contributed by atoms with Crippen LogP contribution >= 0.6 is 0 Å². The Kier molecular flexibility index (Phi) is 6.06. The Bertz CT molecular complexity index is 1440. The predicted molar refractivity (Wildman–Crippen MR) is 150 cm³/mol. The van der Waals surface area contributed by atoms with Gasteiger partial charge < -0.3 is 24.9 Å². The van der Waals surface area contributed by atoms with Crippen LogP contribution in [-0.4, -0.2) is 88.6 Å². The van der Waals surface area contributed by atoms with Gasteiger partial charge in [-0.1, -0.05) is 6.58 Å². The van der Waals surface area contributed by atoms with E-state index in [2.05, 4.69) is 55.7 Å². The van der Waals surface area contributed by atoms with Gasteiger partial charge in [0.1, 0.15) is 11.3 Å². The van der Waals surface area contributed by atoms with Gasteiger partial charge in [-0.2, -0.15) is 4.98 Å². The highest BCUT2D eigenvalue weighted by Crippen LogP contribution is 2.46. The van der Waals surface area contributed by atoms with Crippen molar-refractivity contribution in [2.75, 3.05) is 68.0 Å². The maximum Gasteiger partial charge on any atom is 0.275 e. The smallest absolute Gasteiger partial charge is 0.275 e. The Morgan fingerprint density at radius 1 is 1.05 bits per heavy atom. The van der Waals surface area contributed by atoms with Crippen LogP contribution in [0.4, 0.5) is 23.0 Å². The lowest BCUT2D eigenvalue weighted by atomic mass is 10.1. The first-order chi connectivity index (χ1) is 18.4. The van der Waals surface area contributed by atoms with E-state index >= 15 is 0 Å². The number of likely N-dealkylation sites (N-methyl/N-ethyl adjacent to an activating group) is 1. The molecule has 198 valence electrons. The van der Waals surface area contributed by atoms with Crippen LogP contribution in [-0.2, 0) is 11.8 Å². The maximum atomic E-state index is 13.5. The zero-order valence-corrected chi connectivity index (χ0v) is 22.1. The minimum absolute atomic E-state index is 0.0512. The average Bonchev–Trinajstić information content (AvgIpc) is 3.70. The molecule has 10 nitrogen and oxygen atoms in total. The van der Waals surface area contributed by atoms with Crippen LogP contribution in [0, 0.1) is 0 Å². The summed E-state index contributed by atoms with van der Waals surface area (Å²) in [6.45, 7) is 9.61. The number of fused-ring (bicyclic) bond motifs is 1. The predicted octanol–water partition coefficient (Wildman–Crippen LogP) is 2.19. The molecular weight excluding hydrogens is 480 g/mol. The Hall–Kier alpha value is -3.92. The molecule has 2 aromatic heterocycles. The van der Waals surface area contributed by atoms with Gasteiger partial charge in [0.2, 0.25) is 11.9 Å². The second kappa shape index (κ2) is 9.43. The molecule has 4 heterocycles. The third-order valence-electron chi connectivity index (χ3n) is 8.18. The van der Waals surface area contributed by atoms with Crippen molar-refractivity contribution in [3.63, 3.8) is 0 Å². The van der Waals surface area contributed by atoms with Crippen LogP contribution in [0.1, 0.15) is 12.8 Å². The topological polar surface area (TPSA) is 89.8 Å². The average molecular weight is 515 g/mol. The quantitative estimate of drug-likeness (QED) is 0.519. The molecule has 3 aliphatic rings. The molecule has 3 aromatic rings. The van der Waals surface area contributed by atoms with Crippen molar-refractivity contribution < 1.29 is 4.79 Å². The number of anilines is 4. The van der Waals surface area contributed by atoms with Crippen LogP contribution in [0.25, 0.3) is 11.0 Å². The number of piperazine rings is 2. The van der Waals surface area contributed by atoms with Gasteiger partial charge in [0.25, 0.3) is 5.56 Å². The van der Waals surface area contributed by atoms with Crippen LogP contribution in [0.2, 0.25) is 0 Å². The van der Waals surface area contributed by atoms with Gasteiger partial charge in [-0.15, -0.1) is 0 Å². The summed E-state index contributed by atoms with van der Waals surface area (Å²) in [5.74, 6) is 0.396. The molecule has 0 unspecified atom stereocenters. The lowest BCUT2D eigenvalue weighted by Gasteiger charge is -2.43. The minimum atomic E-state index is -0.171. The first kappa shape index (κ1) is 24.4. The number of amides is 1. The van der Waals surface area contributed by atoms with E-state index in [0.29, 0.717) is 36.9 Å². The largest absolute Gasteiger partial charge is 0.369 e. The summed E-state index contributed by atoms with van der Waals surface area (Å²) < 4.78 is 1.60. The van der Waals surface area contributed by atoms with Gasteiger partial charge in [-0.25, -0.2) is 4.98 Å². The summed E-state index contributed by atoms with van der Waals surface area (Å²) in [6, 6.07) is 10.2. The van der Waals surface area contributed by atoms with Crippen molar-refractivity contribution in [1.29, 1.82) is 0 Å². The molecule has 2 aliphatic heterocycles. The molecule has 1 aromatic carbocycles. The van der Waals surface area contributed by atoms with Crippen molar-refractivity contribution in [2.24, 2.45) is 7.05 Å². The summed E-state index contributed by atoms with van der Waals surface area (Å²) in [5.41, 5.74) is 3.07. The number of rotatable bonds is 5. The fourth-order valence-electron chi connectivity index (χ4n) is 5.68. The van der Waals surface area contributed by atoms with E-state index in [-0.39, 0.29) is 17.0 Å². The third kappa shape index (κ3) is 4.38. The summed E-state index contributed by atoms with van der Waals surface area (Å²) in [5, 5.41) is 4.09. The van der Waals surface area contributed by atoms with Crippen LogP contribution in [0.15, 0.2) is 54.0 Å². The highest BCUT2D eigenvalue weighted by molar-refractivity contribution is 5.87. The van der Waals surface area contributed by atoms with Crippen molar-refractivity contribution in [2.45, 2.75) is 18.4 Å². The van der Waals surface area contributed by atoms with E-state index in [4.69, 9.17) is 0 Å². The Morgan fingerprint density at radius 2 is 1.79 bits per heavy atom. The van der Waals surface area contributed by atoms with Gasteiger partial charge in [0.05, 0.1) is 5.54 Å². The number of nitrogens with zero attached hydrogens (tertiary/aromatic N) is 7. The molecule has 1 aliphatic carbocycles. The summed E-state index contributed by atoms with van der Waals surface area (Å²) in [7, 11) is 3.91. The second-order valence-electron chi connectivity index (χ2n) is 10.7. The van der Waals surface area contributed by atoms with E-state index < -0.39 is 0 Å². The number of benzene rings is 1. The van der Waals surface area contributed by atoms with Gasteiger partial charge in [0, 0.05) is 75.8 Å². The van der Waals surface area contributed by atoms with Crippen molar-refractivity contribution in [3.8, 4) is 0 Å². The molecule has 1 spiro atoms. The van der Waals surface area contributed by atoms with E-state index in [0.717, 1.165) is 50.1 Å². The third-order valence-corrected chi connectivity index (χ3v) is 8.18. The minimum Gasteiger partial charge on any atom is -0.369 e. The van der Waals surface area contributed by atoms with Crippen molar-refractivity contribution >= 4 is 40.0 Å². The van der Waals surface area contributed by atoms with Crippen LogP contribution in [0.5, 0.6) is 0 Å².